The molecule has 146 valence electrons. The Labute approximate surface area is 160 Å². The van der Waals surface area contributed by atoms with Crippen molar-refractivity contribution in [1.82, 2.24) is 0 Å². The summed E-state index contributed by atoms with van der Waals surface area (Å²) in [6.07, 6.45) is -1.12. The van der Waals surface area contributed by atoms with Crippen LogP contribution in [0.5, 0.6) is 5.75 Å². The summed E-state index contributed by atoms with van der Waals surface area (Å²) in [6.45, 7) is 2.22. The third-order valence-corrected chi connectivity index (χ3v) is 3.64. The number of rotatable bonds is 8. The van der Waals surface area contributed by atoms with E-state index < -0.39 is 29.5 Å². The molecule has 1 atom stereocenters. The molecule has 0 aromatic heterocycles. The summed E-state index contributed by atoms with van der Waals surface area (Å²) in [5, 5.41) is 13.5. The number of anilines is 1. The predicted molar refractivity (Wildman–Crippen MR) is 99.2 cm³/mol. The fraction of sp³-hybridized carbons (Fsp3) is 0.211. The Kier molecular flexibility index (Phi) is 6.80. The van der Waals surface area contributed by atoms with Gasteiger partial charge in [-0.3, -0.25) is 19.7 Å². The second kappa shape index (κ2) is 9.26. The van der Waals surface area contributed by atoms with E-state index in [-0.39, 0.29) is 17.2 Å². The molecule has 0 radical (unpaired) electrons. The van der Waals surface area contributed by atoms with Crippen molar-refractivity contribution in [2.24, 2.45) is 0 Å². The molecule has 0 fully saturated rings. The molecule has 0 saturated heterocycles. The largest absolute Gasteiger partial charge is 0.475 e. The highest BCUT2D eigenvalue weighted by Gasteiger charge is 2.20. The summed E-state index contributed by atoms with van der Waals surface area (Å²) in [7, 11) is 0. The topological polar surface area (TPSA) is 125 Å². The maximum atomic E-state index is 12.1. The number of Topliss-reactive ketones (excluding diaryl/α,β-unsaturated/α-hetero) is 1. The number of nitro benzene ring substituents is 1. The number of ketones is 1. The van der Waals surface area contributed by atoms with Gasteiger partial charge in [0.05, 0.1) is 4.92 Å². The molecule has 9 nitrogen and oxygen atoms in total. The van der Waals surface area contributed by atoms with Crippen LogP contribution < -0.4 is 10.1 Å². The number of para-hydroxylation sites is 2. The Morgan fingerprint density at radius 2 is 1.75 bits per heavy atom. The molecule has 1 amide bonds. The molecule has 0 aliphatic heterocycles. The fourth-order valence-electron chi connectivity index (χ4n) is 2.18. The highest BCUT2D eigenvalue weighted by atomic mass is 16.6. The van der Waals surface area contributed by atoms with Crippen LogP contribution in [-0.2, 0) is 14.3 Å². The first kappa shape index (κ1) is 20.6. The van der Waals surface area contributed by atoms with E-state index >= 15 is 0 Å². The zero-order chi connectivity index (χ0) is 20.7. The van der Waals surface area contributed by atoms with Crippen LogP contribution >= 0.6 is 0 Å². The first-order valence-corrected chi connectivity index (χ1v) is 8.25. The Balaban J connectivity index is 1.87. The lowest BCUT2D eigenvalue weighted by molar-refractivity contribution is -0.385. The molecule has 0 heterocycles. The summed E-state index contributed by atoms with van der Waals surface area (Å²) in [5.41, 5.74) is 0.661. The number of ether oxygens (including phenoxy) is 2. The van der Waals surface area contributed by atoms with Gasteiger partial charge in [-0.25, -0.2) is 4.79 Å². The molecule has 0 saturated carbocycles. The van der Waals surface area contributed by atoms with Gasteiger partial charge in [-0.2, -0.15) is 0 Å². The summed E-state index contributed by atoms with van der Waals surface area (Å²) >= 11 is 0. The van der Waals surface area contributed by atoms with E-state index in [1.165, 1.54) is 38.1 Å². The van der Waals surface area contributed by atoms with Gasteiger partial charge in [-0.1, -0.05) is 12.1 Å². The summed E-state index contributed by atoms with van der Waals surface area (Å²) < 4.78 is 10.1. The van der Waals surface area contributed by atoms with Crippen LogP contribution in [0.25, 0.3) is 0 Å². The molecule has 2 aromatic rings. The van der Waals surface area contributed by atoms with Crippen LogP contribution in [-0.4, -0.2) is 35.3 Å². The van der Waals surface area contributed by atoms with Crippen LogP contribution in [0.3, 0.4) is 0 Å². The van der Waals surface area contributed by atoms with E-state index in [1.807, 2.05) is 0 Å². The highest BCUT2D eigenvalue weighted by Crippen LogP contribution is 2.25. The Hall–Kier alpha value is -3.75. The normalized spacial score (nSPS) is 11.2. The number of amides is 1. The second-order valence-electron chi connectivity index (χ2n) is 5.77. The van der Waals surface area contributed by atoms with Gasteiger partial charge in [0, 0.05) is 17.3 Å². The molecular weight excluding hydrogens is 368 g/mol. The molecule has 28 heavy (non-hydrogen) atoms. The smallest absolute Gasteiger partial charge is 0.344 e. The minimum atomic E-state index is -1.12. The van der Waals surface area contributed by atoms with Crippen molar-refractivity contribution in [3.05, 3.63) is 64.2 Å². The number of carbonyl (C=O) groups is 3. The summed E-state index contributed by atoms with van der Waals surface area (Å²) in [6, 6.07) is 11.8. The molecule has 1 unspecified atom stereocenters. The van der Waals surface area contributed by atoms with Gasteiger partial charge < -0.3 is 14.8 Å². The van der Waals surface area contributed by atoms with Crippen molar-refractivity contribution >= 4 is 29.0 Å². The molecule has 0 bridgehead atoms. The summed E-state index contributed by atoms with van der Waals surface area (Å²) in [5.74, 6) is -1.60. The standard InChI is InChI=1S/C19H18N2O7/c1-12(22)14-7-9-15(10-8-14)20-19(24)13(2)28-18(23)11-27-17-6-4-3-5-16(17)21(25)26/h3-10,13H,11H2,1-2H3,(H,20,24). The van der Waals surface area contributed by atoms with E-state index in [0.29, 0.717) is 11.3 Å². The number of benzene rings is 2. The average Bonchev–Trinajstić information content (AvgIpc) is 2.66. The van der Waals surface area contributed by atoms with Crippen LogP contribution in [0.4, 0.5) is 11.4 Å². The fourth-order valence-corrected chi connectivity index (χ4v) is 2.18. The number of esters is 1. The van der Waals surface area contributed by atoms with Crippen LogP contribution in [0.2, 0.25) is 0 Å². The quantitative estimate of drug-likeness (QED) is 0.320. The molecule has 0 aliphatic carbocycles. The highest BCUT2D eigenvalue weighted by molar-refractivity contribution is 5.97. The van der Waals surface area contributed by atoms with Crippen LogP contribution in [0.1, 0.15) is 24.2 Å². The van der Waals surface area contributed by atoms with Crippen molar-refractivity contribution in [2.45, 2.75) is 20.0 Å². The predicted octanol–water partition coefficient (Wildman–Crippen LogP) is 2.75. The van der Waals surface area contributed by atoms with Crippen molar-refractivity contribution < 1.29 is 28.8 Å². The minimum Gasteiger partial charge on any atom is -0.475 e. The number of hydrogen-bond acceptors (Lipinski definition) is 7. The monoisotopic (exact) mass is 386 g/mol. The minimum absolute atomic E-state index is 0.0767. The van der Waals surface area contributed by atoms with Gasteiger partial charge in [0.1, 0.15) is 0 Å². The van der Waals surface area contributed by atoms with E-state index in [4.69, 9.17) is 9.47 Å². The van der Waals surface area contributed by atoms with Gasteiger partial charge in [0.25, 0.3) is 5.91 Å². The SMILES string of the molecule is CC(=O)c1ccc(NC(=O)C(C)OC(=O)COc2ccccc2[N+](=O)[O-])cc1. The number of nitrogens with zero attached hydrogens (tertiary/aromatic N) is 1. The van der Waals surface area contributed by atoms with Gasteiger partial charge in [0.2, 0.25) is 0 Å². The first-order chi connectivity index (χ1) is 13.3. The maximum absolute atomic E-state index is 12.1. The Morgan fingerprint density at radius 1 is 1.11 bits per heavy atom. The Morgan fingerprint density at radius 3 is 2.36 bits per heavy atom. The third kappa shape index (κ3) is 5.63. The molecule has 1 N–H and O–H groups in total. The number of carbonyl (C=O) groups excluding carboxylic acids is 3. The molecule has 0 spiro atoms. The van der Waals surface area contributed by atoms with Crippen molar-refractivity contribution in [3.63, 3.8) is 0 Å². The van der Waals surface area contributed by atoms with Gasteiger partial charge in [-0.05, 0) is 44.2 Å². The third-order valence-electron chi connectivity index (χ3n) is 3.64. The lowest BCUT2D eigenvalue weighted by atomic mass is 10.1. The molecule has 2 aromatic carbocycles. The molecular formula is C19H18N2O7. The zero-order valence-corrected chi connectivity index (χ0v) is 15.2. The van der Waals surface area contributed by atoms with Crippen molar-refractivity contribution in [2.75, 3.05) is 11.9 Å². The first-order valence-electron chi connectivity index (χ1n) is 8.25. The van der Waals surface area contributed by atoms with Gasteiger partial charge >= 0.3 is 11.7 Å². The van der Waals surface area contributed by atoms with E-state index in [2.05, 4.69) is 5.32 Å². The van der Waals surface area contributed by atoms with Gasteiger partial charge in [-0.15, -0.1) is 0 Å². The van der Waals surface area contributed by atoms with E-state index in [0.717, 1.165) is 0 Å². The van der Waals surface area contributed by atoms with E-state index in [9.17, 15) is 24.5 Å². The van der Waals surface area contributed by atoms with Crippen molar-refractivity contribution in [3.8, 4) is 5.75 Å². The van der Waals surface area contributed by atoms with Crippen LogP contribution in [0, 0.1) is 10.1 Å². The van der Waals surface area contributed by atoms with Crippen molar-refractivity contribution in [1.29, 1.82) is 0 Å². The van der Waals surface area contributed by atoms with E-state index in [1.54, 1.807) is 24.3 Å². The average molecular weight is 386 g/mol. The lowest BCUT2D eigenvalue weighted by Crippen LogP contribution is -2.31. The molecule has 0 aliphatic rings. The summed E-state index contributed by atoms with van der Waals surface area (Å²) in [4.78, 5) is 45.5. The molecule has 9 heteroatoms. The molecule has 2 rings (SSSR count). The number of nitro groups is 1. The lowest BCUT2D eigenvalue weighted by Gasteiger charge is -2.14. The van der Waals surface area contributed by atoms with Gasteiger partial charge in [0.15, 0.2) is 24.2 Å². The maximum Gasteiger partial charge on any atom is 0.344 e. The van der Waals surface area contributed by atoms with Crippen LogP contribution in [0.15, 0.2) is 48.5 Å². The zero-order valence-electron chi connectivity index (χ0n) is 15.2. The number of nitrogens with one attached hydrogen (secondary N) is 1. The number of hydrogen-bond donors (Lipinski definition) is 1. The second-order valence-corrected chi connectivity index (χ2v) is 5.77. The Bertz CT molecular complexity index is 893.